The van der Waals surface area contributed by atoms with Gasteiger partial charge in [-0.25, -0.2) is 0 Å². The van der Waals surface area contributed by atoms with E-state index < -0.39 is 0 Å². The second-order valence-corrected chi connectivity index (χ2v) is 5.39. The molecule has 1 heterocycles. The van der Waals surface area contributed by atoms with Gasteiger partial charge in [0.25, 0.3) is 0 Å². The van der Waals surface area contributed by atoms with E-state index in [0.29, 0.717) is 0 Å². The largest absolute Gasteiger partial charge is 0.317 e. The first-order valence-electron chi connectivity index (χ1n) is 5.51. The smallest absolute Gasteiger partial charge is 0.00955 e. The van der Waals surface area contributed by atoms with E-state index in [1.807, 2.05) is 11.3 Å². The number of aryl methyl sites for hydroxylation is 2. The summed E-state index contributed by atoms with van der Waals surface area (Å²) in [6, 6.07) is 3.04. The Morgan fingerprint density at radius 3 is 2.86 bits per heavy atom. The number of hydrogen-bond acceptors (Lipinski definition) is 2. The van der Waals surface area contributed by atoms with Crippen LogP contribution in [-0.4, -0.2) is 13.1 Å². The highest BCUT2D eigenvalue weighted by Gasteiger charge is 2.29. The second-order valence-electron chi connectivity index (χ2n) is 4.27. The zero-order valence-corrected chi connectivity index (χ0v) is 9.86. The highest BCUT2D eigenvalue weighted by atomic mass is 32.1. The monoisotopic (exact) mass is 209 g/mol. The molecule has 2 rings (SSSR count). The summed E-state index contributed by atoms with van der Waals surface area (Å²) in [5, 5.41) is 5.65. The highest BCUT2D eigenvalue weighted by Crippen LogP contribution is 2.34. The molecule has 1 aromatic rings. The molecule has 1 aliphatic rings. The summed E-state index contributed by atoms with van der Waals surface area (Å²) in [7, 11) is 2.10. The summed E-state index contributed by atoms with van der Waals surface area (Å²) in [6.07, 6.45) is 5.43. The third kappa shape index (κ3) is 2.37. The summed E-state index contributed by atoms with van der Waals surface area (Å²) < 4.78 is 0. The molecule has 1 atom stereocenters. The Morgan fingerprint density at radius 2 is 2.36 bits per heavy atom. The van der Waals surface area contributed by atoms with Gasteiger partial charge in [-0.05, 0) is 62.6 Å². The Kier molecular flexibility index (Phi) is 3.24. The van der Waals surface area contributed by atoms with Crippen molar-refractivity contribution >= 4 is 11.3 Å². The van der Waals surface area contributed by atoms with Crippen LogP contribution in [0.4, 0.5) is 0 Å². The maximum absolute atomic E-state index is 3.45. The Hall–Kier alpha value is -0.340. The fraction of sp³-hybridized carbons (Fsp3) is 0.667. The van der Waals surface area contributed by atoms with Gasteiger partial charge < -0.3 is 5.32 Å². The number of rotatable bonds is 5. The van der Waals surface area contributed by atoms with Crippen LogP contribution in [0.1, 0.15) is 29.7 Å². The van der Waals surface area contributed by atoms with Crippen LogP contribution in [-0.2, 0) is 6.42 Å². The Morgan fingerprint density at radius 1 is 1.57 bits per heavy atom. The minimum atomic E-state index is 0.759. The summed E-state index contributed by atoms with van der Waals surface area (Å²) in [5.41, 5.74) is 1.55. The van der Waals surface area contributed by atoms with Crippen molar-refractivity contribution in [2.45, 2.75) is 38.6 Å². The zero-order chi connectivity index (χ0) is 9.97. The lowest BCUT2D eigenvalue weighted by atomic mass is 10.0. The van der Waals surface area contributed by atoms with Gasteiger partial charge in [-0.1, -0.05) is 0 Å². The minimum absolute atomic E-state index is 0.759. The van der Waals surface area contributed by atoms with Crippen molar-refractivity contribution in [2.24, 2.45) is 5.92 Å². The van der Waals surface area contributed by atoms with Gasteiger partial charge >= 0.3 is 0 Å². The summed E-state index contributed by atoms with van der Waals surface area (Å²) in [6.45, 7) is 2.23. The number of nitrogens with one attached hydrogen (secondary N) is 1. The van der Waals surface area contributed by atoms with Gasteiger partial charge in [0, 0.05) is 10.9 Å². The molecule has 1 aliphatic carbocycles. The summed E-state index contributed by atoms with van der Waals surface area (Å²) in [4.78, 5) is 1.50. The van der Waals surface area contributed by atoms with Crippen LogP contribution in [0.25, 0.3) is 0 Å². The molecule has 1 aromatic heterocycles. The first-order chi connectivity index (χ1) is 6.81. The van der Waals surface area contributed by atoms with Gasteiger partial charge in [0.1, 0.15) is 0 Å². The predicted octanol–water partition coefficient (Wildman–Crippen LogP) is 2.99. The van der Waals surface area contributed by atoms with Gasteiger partial charge in [0.05, 0.1) is 0 Å². The van der Waals surface area contributed by atoms with Crippen LogP contribution in [0.15, 0.2) is 11.4 Å². The molecule has 0 amide bonds. The Balaban J connectivity index is 1.83. The fourth-order valence-electron chi connectivity index (χ4n) is 2.10. The first-order valence-corrected chi connectivity index (χ1v) is 6.39. The highest BCUT2D eigenvalue weighted by molar-refractivity contribution is 7.10. The van der Waals surface area contributed by atoms with Crippen molar-refractivity contribution in [2.75, 3.05) is 7.05 Å². The summed E-state index contributed by atoms with van der Waals surface area (Å²) >= 11 is 1.87. The zero-order valence-electron chi connectivity index (χ0n) is 9.05. The van der Waals surface area contributed by atoms with Gasteiger partial charge in [-0.2, -0.15) is 0 Å². The molecular weight excluding hydrogens is 190 g/mol. The average Bonchev–Trinajstić information content (AvgIpc) is 2.93. The molecule has 78 valence electrons. The van der Waals surface area contributed by atoms with Crippen LogP contribution in [0.2, 0.25) is 0 Å². The van der Waals surface area contributed by atoms with E-state index in [1.165, 1.54) is 30.6 Å². The minimum Gasteiger partial charge on any atom is -0.317 e. The number of thiophene rings is 1. The average molecular weight is 209 g/mol. The van der Waals surface area contributed by atoms with Crippen LogP contribution in [0.5, 0.6) is 0 Å². The van der Waals surface area contributed by atoms with Crippen LogP contribution in [0, 0.1) is 12.8 Å². The second kappa shape index (κ2) is 4.45. The SMILES string of the molecule is CNC(CCc1ccsc1C)C1CC1. The molecule has 0 aromatic carbocycles. The van der Waals surface area contributed by atoms with Crippen molar-refractivity contribution in [3.8, 4) is 0 Å². The van der Waals surface area contributed by atoms with Crippen molar-refractivity contribution in [1.29, 1.82) is 0 Å². The van der Waals surface area contributed by atoms with Crippen molar-refractivity contribution < 1.29 is 0 Å². The molecule has 1 N–H and O–H groups in total. The molecule has 1 fully saturated rings. The molecule has 0 bridgehead atoms. The van der Waals surface area contributed by atoms with E-state index in [2.05, 4.69) is 30.7 Å². The van der Waals surface area contributed by atoms with Crippen molar-refractivity contribution in [1.82, 2.24) is 5.32 Å². The maximum Gasteiger partial charge on any atom is 0.00955 e. The van der Waals surface area contributed by atoms with E-state index in [4.69, 9.17) is 0 Å². The lowest BCUT2D eigenvalue weighted by Crippen LogP contribution is -2.27. The van der Waals surface area contributed by atoms with E-state index in [9.17, 15) is 0 Å². The van der Waals surface area contributed by atoms with E-state index in [0.717, 1.165) is 12.0 Å². The first kappa shape index (κ1) is 10.2. The molecule has 0 spiro atoms. The fourth-order valence-corrected chi connectivity index (χ4v) is 2.85. The maximum atomic E-state index is 3.45. The molecule has 14 heavy (non-hydrogen) atoms. The van der Waals surface area contributed by atoms with Gasteiger partial charge in [0.2, 0.25) is 0 Å². The molecule has 0 aliphatic heterocycles. The standard InChI is InChI=1S/C12H19NS/c1-9-10(7-8-14-9)5-6-12(13-2)11-3-4-11/h7-8,11-13H,3-6H2,1-2H3. The topological polar surface area (TPSA) is 12.0 Å². The van der Waals surface area contributed by atoms with Crippen LogP contribution < -0.4 is 5.32 Å². The quantitative estimate of drug-likeness (QED) is 0.786. The van der Waals surface area contributed by atoms with Gasteiger partial charge in [0.15, 0.2) is 0 Å². The Labute approximate surface area is 90.5 Å². The molecular formula is C12H19NS. The van der Waals surface area contributed by atoms with Gasteiger partial charge in [-0.15, -0.1) is 11.3 Å². The third-order valence-electron chi connectivity index (χ3n) is 3.25. The summed E-state index contributed by atoms with van der Waals surface area (Å²) in [5.74, 6) is 0.971. The molecule has 1 saturated carbocycles. The van der Waals surface area contributed by atoms with E-state index >= 15 is 0 Å². The lowest BCUT2D eigenvalue weighted by molar-refractivity contribution is 0.470. The van der Waals surface area contributed by atoms with Crippen LogP contribution >= 0.6 is 11.3 Å². The molecule has 0 saturated heterocycles. The molecule has 1 unspecified atom stereocenters. The molecule has 0 radical (unpaired) electrons. The Bertz CT molecular complexity index is 288. The van der Waals surface area contributed by atoms with Crippen LogP contribution in [0.3, 0.4) is 0 Å². The van der Waals surface area contributed by atoms with Crippen molar-refractivity contribution in [3.63, 3.8) is 0 Å². The van der Waals surface area contributed by atoms with E-state index in [-0.39, 0.29) is 0 Å². The van der Waals surface area contributed by atoms with E-state index in [1.54, 1.807) is 5.56 Å². The van der Waals surface area contributed by atoms with Crippen molar-refractivity contribution in [3.05, 3.63) is 21.9 Å². The van der Waals surface area contributed by atoms with Gasteiger partial charge in [-0.3, -0.25) is 0 Å². The number of hydrogen-bond donors (Lipinski definition) is 1. The lowest BCUT2D eigenvalue weighted by Gasteiger charge is -2.14. The third-order valence-corrected chi connectivity index (χ3v) is 4.14. The normalized spacial score (nSPS) is 18.4. The molecule has 1 nitrogen and oxygen atoms in total. The molecule has 2 heteroatoms. The predicted molar refractivity (Wildman–Crippen MR) is 62.9 cm³/mol.